The molecular formula is C16H10ClNO3. The van der Waals surface area contributed by atoms with Crippen molar-refractivity contribution in [1.82, 2.24) is 0 Å². The Hall–Kier alpha value is -2.59. The molecular weight excluding hydrogens is 290 g/mol. The van der Waals surface area contributed by atoms with Gasteiger partial charge in [-0.15, -0.1) is 0 Å². The Labute approximate surface area is 126 Å². The summed E-state index contributed by atoms with van der Waals surface area (Å²) in [5.41, 5.74) is 0.891. The van der Waals surface area contributed by atoms with Crippen LogP contribution in [0.1, 0.15) is 11.3 Å². The lowest BCUT2D eigenvalue weighted by atomic mass is 10.2. The van der Waals surface area contributed by atoms with Crippen LogP contribution in [0.5, 0.6) is 0 Å². The van der Waals surface area contributed by atoms with E-state index in [1.54, 1.807) is 54.8 Å². The average molecular weight is 300 g/mol. The lowest BCUT2D eigenvalue weighted by Gasteiger charge is -1.98. The molecule has 0 atom stereocenters. The summed E-state index contributed by atoms with van der Waals surface area (Å²) in [4.78, 5) is 15.9. The summed E-state index contributed by atoms with van der Waals surface area (Å²) in [7, 11) is 0. The molecule has 0 amide bonds. The van der Waals surface area contributed by atoms with E-state index in [-0.39, 0.29) is 11.6 Å². The second kappa shape index (κ2) is 5.81. The Kier molecular flexibility index (Phi) is 3.71. The van der Waals surface area contributed by atoms with E-state index >= 15 is 0 Å². The van der Waals surface area contributed by atoms with Gasteiger partial charge in [-0.05, 0) is 42.5 Å². The van der Waals surface area contributed by atoms with Gasteiger partial charge >= 0.3 is 5.97 Å². The van der Waals surface area contributed by atoms with Crippen LogP contribution in [0.25, 0.3) is 6.08 Å². The lowest BCUT2D eigenvalue weighted by molar-refractivity contribution is -0.130. The highest BCUT2D eigenvalue weighted by Gasteiger charge is 2.23. The van der Waals surface area contributed by atoms with Crippen LogP contribution < -0.4 is 0 Å². The number of carbonyl (C=O) groups excluding carboxylic acids is 1. The van der Waals surface area contributed by atoms with E-state index in [0.29, 0.717) is 16.3 Å². The summed E-state index contributed by atoms with van der Waals surface area (Å²) in [6.07, 6.45) is 6.56. The van der Waals surface area contributed by atoms with Gasteiger partial charge in [0.1, 0.15) is 5.76 Å². The summed E-state index contributed by atoms with van der Waals surface area (Å²) in [5, 5.41) is 0.557. The fourth-order valence-corrected chi connectivity index (χ4v) is 1.98. The van der Waals surface area contributed by atoms with Crippen LogP contribution in [-0.4, -0.2) is 11.9 Å². The summed E-state index contributed by atoms with van der Waals surface area (Å²) in [6, 6.07) is 10.6. The number of hydrogen-bond donors (Lipinski definition) is 0. The van der Waals surface area contributed by atoms with Crippen molar-refractivity contribution in [2.45, 2.75) is 0 Å². The second-order valence-electron chi connectivity index (χ2n) is 4.24. The number of halogens is 1. The molecule has 1 aliphatic heterocycles. The van der Waals surface area contributed by atoms with E-state index in [1.807, 2.05) is 6.07 Å². The highest BCUT2D eigenvalue weighted by atomic mass is 35.5. The Bertz CT molecular complexity index is 758. The minimum absolute atomic E-state index is 0.229. The Balaban J connectivity index is 1.82. The number of hydrogen-bond acceptors (Lipinski definition) is 4. The molecule has 0 saturated carbocycles. The Morgan fingerprint density at radius 1 is 1.19 bits per heavy atom. The quantitative estimate of drug-likeness (QED) is 0.639. The number of rotatable bonds is 3. The monoisotopic (exact) mass is 299 g/mol. The van der Waals surface area contributed by atoms with Crippen LogP contribution in [0.15, 0.2) is 69.9 Å². The highest BCUT2D eigenvalue weighted by Crippen LogP contribution is 2.19. The molecule has 0 saturated heterocycles. The van der Waals surface area contributed by atoms with Crippen molar-refractivity contribution < 1.29 is 13.9 Å². The topological polar surface area (TPSA) is 51.8 Å². The van der Waals surface area contributed by atoms with E-state index in [9.17, 15) is 4.79 Å². The number of aliphatic imine (C=N–C) groups is 1. The van der Waals surface area contributed by atoms with Gasteiger partial charge in [-0.25, -0.2) is 9.79 Å². The van der Waals surface area contributed by atoms with Crippen molar-refractivity contribution in [2.24, 2.45) is 4.99 Å². The van der Waals surface area contributed by atoms with E-state index in [0.717, 1.165) is 0 Å². The van der Waals surface area contributed by atoms with Gasteiger partial charge in [0.2, 0.25) is 5.90 Å². The molecule has 0 unspecified atom stereocenters. The molecule has 0 N–H and O–H groups in total. The normalized spacial score (nSPS) is 16.5. The third kappa shape index (κ3) is 3.12. The first kappa shape index (κ1) is 13.4. The number of nitrogens with zero attached hydrogens (tertiary/aromatic N) is 1. The van der Waals surface area contributed by atoms with Crippen molar-refractivity contribution in [3.05, 3.63) is 76.9 Å². The average Bonchev–Trinajstić information content (AvgIpc) is 3.10. The zero-order chi connectivity index (χ0) is 14.7. The molecule has 0 aliphatic carbocycles. The number of allylic oxidation sites excluding steroid dienone is 2. The lowest BCUT2D eigenvalue weighted by Crippen LogP contribution is -2.05. The highest BCUT2D eigenvalue weighted by molar-refractivity contribution is 6.31. The number of furan rings is 1. The third-order valence-corrected chi connectivity index (χ3v) is 2.98. The second-order valence-corrected chi connectivity index (χ2v) is 4.68. The number of ether oxygens (including phenoxy) is 1. The number of cyclic esters (lactones) is 1. The first-order chi connectivity index (χ1) is 10.2. The fraction of sp³-hybridized carbons (Fsp3) is 0. The van der Waals surface area contributed by atoms with Crippen molar-refractivity contribution in [3.63, 3.8) is 0 Å². The Morgan fingerprint density at radius 2 is 2.10 bits per heavy atom. The number of carbonyl (C=O) groups is 1. The molecule has 0 spiro atoms. The summed E-state index contributed by atoms with van der Waals surface area (Å²) in [6.45, 7) is 0. The van der Waals surface area contributed by atoms with E-state index in [1.165, 1.54) is 0 Å². The zero-order valence-electron chi connectivity index (χ0n) is 10.8. The minimum atomic E-state index is -0.492. The smallest absolute Gasteiger partial charge is 0.363 e. The summed E-state index contributed by atoms with van der Waals surface area (Å²) >= 11 is 5.91. The molecule has 21 heavy (non-hydrogen) atoms. The molecule has 2 aromatic rings. The largest absolute Gasteiger partial charge is 0.465 e. The van der Waals surface area contributed by atoms with Gasteiger partial charge in [-0.3, -0.25) is 0 Å². The van der Waals surface area contributed by atoms with Gasteiger partial charge in [0, 0.05) is 10.6 Å². The third-order valence-electron chi connectivity index (χ3n) is 2.75. The summed E-state index contributed by atoms with van der Waals surface area (Å²) < 4.78 is 10.3. The first-order valence-electron chi connectivity index (χ1n) is 6.21. The van der Waals surface area contributed by atoms with Crippen molar-refractivity contribution >= 4 is 29.5 Å². The maximum absolute atomic E-state index is 11.7. The van der Waals surface area contributed by atoms with Gasteiger partial charge < -0.3 is 9.15 Å². The van der Waals surface area contributed by atoms with Gasteiger partial charge in [-0.1, -0.05) is 23.7 Å². The van der Waals surface area contributed by atoms with E-state index in [4.69, 9.17) is 20.8 Å². The van der Waals surface area contributed by atoms with Crippen LogP contribution in [0.2, 0.25) is 5.02 Å². The van der Waals surface area contributed by atoms with Gasteiger partial charge in [-0.2, -0.15) is 0 Å². The van der Waals surface area contributed by atoms with Crippen molar-refractivity contribution in [2.75, 3.05) is 0 Å². The first-order valence-corrected chi connectivity index (χ1v) is 6.59. The van der Waals surface area contributed by atoms with Crippen molar-refractivity contribution in [1.29, 1.82) is 0 Å². The maximum atomic E-state index is 11.7. The maximum Gasteiger partial charge on any atom is 0.363 e. The molecule has 2 heterocycles. The van der Waals surface area contributed by atoms with E-state index < -0.39 is 5.97 Å². The van der Waals surface area contributed by atoms with Crippen LogP contribution in [0, 0.1) is 0 Å². The Morgan fingerprint density at radius 3 is 2.86 bits per heavy atom. The van der Waals surface area contributed by atoms with Gasteiger partial charge in [0.25, 0.3) is 0 Å². The standard InChI is InChI=1S/C16H10ClNO3/c17-12-5-1-4-11(10-12)15-18-14(16(19)21-15)8-2-6-13-7-3-9-20-13/h1-10H/b6-2+,14-8+. The predicted molar refractivity (Wildman–Crippen MR) is 79.9 cm³/mol. The van der Waals surface area contributed by atoms with Crippen molar-refractivity contribution in [3.8, 4) is 0 Å². The zero-order valence-corrected chi connectivity index (χ0v) is 11.6. The van der Waals surface area contributed by atoms with Gasteiger partial charge in [0.15, 0.2) is 5.70 Å². The van der Waals surface area contributed by atoms with Crippen LogP contribution >= 0.6 is 11.6 Å². The van der Waals surface area contributed by atoms with Crippen LogP contribution in [-0.2, 0) is 9.53 Å². The number of esters is 1. The van der Waals surface area contributed by atoms with Crippen LogP contribution in [0.3, 0.4) is 0 Å². The molecule has 104 valence electrons. The van der Waals surface area contributed by atoms with E-state index in [2.05, 4.69) is 4.99 Å². The fourth-order valence-electron chi connectivity index (χ4n) is 1.79. The molecule has 1 aromatic carbocycles. The molecule has 3 rings (SSSR count). The minimum Gasteiger partial charge on any atom is -0.465 e. The molecule has 0 radical (unpaired) electrons. The molecule has 0 bridgehead atoms. The summed E-state index contributed by atoms with van der Waals surface area (Å²) in [5.74, 6) is 0.450. The molecule has 1 aromatic heterocycles. The van der Waals surface area contributed by atoms with Gasteiger partial charge in [0.05, 0.1) is 6.26 Å². The molecule has 0 fully saturated rings. The molecule has 5 heteroatoms. The number of benzene rings is 1. The molecule has 1 aliphatic rings. The SMILES string of the molecule is O=C1OC(c2cccc(Cl)c2)=N/C1=C/C=C/c1ccco1. The van der Waals surface area contributed by atoms with Crippen LogP contribution in [0.4, 0.5) is 0 Å². The predicted octanol–water partition coefficient (Wildman–Crippen LogP) is 3.83. The molecule has 4 nitrogen and oxygen atoms in total.